The predicted molar refractivity (Wildman–Crippen MR) is 43.1 cm³/mol. The maximum Gasteiger partial charge on any atom is 0.312 e. The topological polar surface area (TPSA) is 63.6 Å². The summed E-state index contributed by atoms with van der Waals surface area (Å²) >= 11 is 5.93. The molecule has 3 atom stereocenters. The minimum atomic E-state index is -1.27. The lowest BCUT2D eigenvalue weighted by molar-refractivity contribution is -0.170. The molecule has 3 unspecified atom stereocenters. The first kappa shape index (κ1) is 8.81. The summed E-state index contributed by atoms with van der Waals surface area (Å²) in [6, 6.07) is 0. The number of fused-ring (bicyclic) bond motifs is 2. The molecule has 0 aromatic heterocycles. The molecule has 72 valence electrons. The van der Waals surface area contributed by atoms with Crippen molar-refractivity contribution in [3.8, 4) is 0 Å². The number of halogens is 1. The number of hydrogen-bond donors (Lipinski definition) is 1. The number of hydrogen-bond acceptors (Lipinski definition) is 3. The highest BCUT2D eigenvalue weighted by molar-refractivity contribution is 6.25. The van der Waals surface area contributed by atoms with Crippen LogP contribution < -0.4 is 0 Å². The highest BCUT2D eigenvalue weighted by Gasteiger charge is 2.58. The Labute approximate surface area is 79.8 Å². The van der Waals surface area contributed by atoms with Gasteiger partial charge in [-0.05, 0) is 12.3 Å². The van der Waals surface area contributed by atoms with Crippen molar-refractivity contribution in [2.24, 2.45) is 11.8 Å². The van der Waals surface area contributed by atoms with Crippen LogP contribution in [0.2, 0.25) is 0 Å². The lowest BCUT2D eigenvalue weighted by Gasteiger charge is -2.32. The number of rotatable bonds is 1. The number of carbonyl (C=O) groups excluding carboxylic acids is 1. The van der Waals surface area contributed by atoms with E-state index in [4.69, 9.17) is 21.4 Å². The zero-order valence-corrected chi connectivity index (χ0v) is 7.58. The molecular weight excluding hydrogens is 196 g/mol. The molecule has 1 aliphatic heterocycles. The summed E-state index contributed by atoms with van der Waals surface area (Å²) in [4.78, 5) is 21.8. The second-order valence-corrected chi connectivity index (χ2v) is 4.22. The Morgan fingerprint density at radius 2 is 2.38 bits per heavy atom. The van der Waals surface area contributed by atoms with E-state index in [1.807, 2.05) is 0 Å². The van der Waals surface area contributed by atoms with Crippen LogP contribution in [-0.2, 0) is 14.3 Å². The summed E-state index contributed by atoms with van der Waals surface area (Å²) in [5, 5.41) is 7.62. The van der Waals surface area contributed by atoms with Gasteiger partial charge in [0.25, 0.3) is 0 Å². The monoisotopic (exact) mass is 204 g/mol. The Kier molecular flexibility index (Phi) is 1.77. The molecule has 1 N–H and O–H groups in total. The summed E-state index contributed by atoms with van der Waals surface area (Å²) in [5.74, 6) is -2.22. The average molecular weight is 205 g/mol. The molecule has 2 rings (SSSR count). The van der Waals surface area contributed by atoms with Crippen LogP contribution in [0.25, 0.3) is 0 Å². The van der Waals surface area contributed by atoms with Crippen molar-refractivity contribution in [3.63, 3.8) is 0 Å². The smallest absolute Gasteiger partial charge is 0.312 e. The number of alkyl halides is 1. The van der Waals surface area contributed by atoms with Gasteiger partial charge in [-0.15, -0.1) is 0 Å². The molecular formula is C8H9ClO4. The molecule has 4 nitrogen and oxygen atoms in total. The standard InChI is InChI=1S/C8H9ClO4/c9-8-2-1-4(3-5(10)13-8)6(8)7(11)12/h4,6H,1-3H2,(H,11,12). The lowest BCUT2D eigenvalue weighted by Crippen LogP contribution is -2.44. The van der Waals surface area contributed by atoms with Gasteiger partial charge in [-0.3, -0.25) is 9.59 Å². The number of carboxylic acid groups (broad SMARTS) is 1. The number of ether oxygens (including phenoxy) is 1. The molecule has 5 heteroatoms. The van der Waals surface area contributed by atoms with E-state index in [1.165, 1.54) is 0 Å². The molecule has 1 saturated carbocycles. The molecule has 2 fully saturated rings. The second-order valence-electron chi connectivity index (χ2n) is 3.58. The first-order chi connectivity index (χ1) is 6.03. The largest absolute Gasteiger partial charge is 0.481 e. The molecule has 1 heterocycles. The SMILES string of the molecule is O=C1CC2CCC(Cl)(O1)C2C(=O)O. The van der Waals surface area contributed by atoms with Gasteiger partial charge in [0.1, 0.15) is 5.92 Å². The van der Waals surface area contributed by atoms with Crippen molar-refractivity contribution < 1.29 is 19.4 Å². The fourth-order valence-electron chi connectivity index (χ4n) is 2.22. The molecule has 1 aliphatic carbocycles. The first-order valence-corrected chi connectivity index (χ1v) is 4.54. The summed E-state index contributed by atoms with van der Waals surface area (Å²) in [5.41, 5.74) is 0. The molecule has 0 amide bonds. The zero-order valence-electron chi connectivity index (χ0n) is 6.83. The Hall–Kier alpha value is -0.770. The maximum atomic E-state index is 11.0. The molecule has 1 saturated heterocycles. The van der Waals surface area contributed by atoms with Gasteiger partial charge < -0.3 is 9.84 Å². The molecule has 2 aliphatic rings. The van der Waals surface area contributed by atoms with E-state index >= 15 is 0 Å². The van der Waals surface area contributed by atoms with E-state index in [-0.39, 0.29) is 18.3 Å². The highest BCUT2D eigenvalue weighted by atomic mass is 35.5. The van der Waals surface area contributed by atoms with Gasteiger partial charge in [0, 0.05) is 12.8 Å². The van der Waals surface area contributed by atoms with Gasteiger partial charge in [0.05, 0.1) is 0 Å². The van der Waals surface area contributed by atoms with Crippen molar-refractivity contribution in [1.82, 2.24) is 0 Å². The zero-order chi connectivity index (χ0) is 9.64. The molecule has 0 aromatic rings. The Balaban J connectivity index is 2.31. The lowest BCUT2D eigenvalue weighted by atomic mass is 9.90. The van der Waals surface area contributed by atoms with Crippen LogP contribution in [0.1, 0.15) is 19.3 Å². The van der Waals surface area contributed by atoms with E-state index in [9.17, 15) is 9.59 Å². The molecule has 13 heavy (non-hydrogen) atoms. The van der Waals surface area contributed by atoms with Crippen molar-refractivity contribution in [2.45, 2.75) is 24.3 Å². The van der Waals surface area contributed by atoms with Crippen LogP contribution in [-0.4, -0.2) is 22.1 Å². The van der Waals surface area contributed by atoms with Gasteiger partial charge in [-0.1, -0.05) is 11.6 Å². The number of carboxylic acids is 1. The Bertz CT molecular complexity index is 277. The third kappa shape index (κ3) is 1.20. The van der Waals surface area contributed by atoms with Crippen LogP contribution >= 0.6 is 11.6 Å². The summed E-state index contributed by atoms with van der Waals surface area (Å²) in [6.07, 6.45) is 1.29. The van der Waals surface area contributed by atoms with Crippen LogP contribution in [0.5, 0.6) is 0 Å². The highest BCUT2D eigenvalue weighted by Crippen LogP contribution is 2.50. The third-order valence-corrected chi connectivity index (χ3v) is 3.27. The summed E-state index contributed by atoms with van der Waals surface area (Å²) in [6.45, 7) is 0. The molecule has 0 spiro atoms. The molecule has 0 radical (unpaired) electrons. The number of aliphatic carboxylic acids is 1. The van der Waals surface area contributed by atoms with Crippen LogP contribution in [0, 0.1) is 11.8 Å². The van der Waals surface area contributed by atoms with Crippen molar-refractivity contribution >= 4 is 23.5 Å². The van der Waals surface area contributed by atoms with Gasteiger partial charge in [0.15, 0.2) is 5.06 Å². The third-order valence-electron chi connectivity index (χ3n) is 2.77. The normalized spacial score (nSPS) is 43.0. The second kappa shape index (κ2) is 2.61. The van der Waals surface area contributed by atoms with Crippen molar-refractivity contribution in [1.29, 1.82) is 0 Å². The van der Waals surface area contributed by atoms with E-state index in [0.29, 0.717) is 12.8 Å². The van der Waals surface area contributed by atoms with Gasteiger partial charge in [-0.25, -0.2) is 0 Å². The predicted octanol–water partition coefficient (Wildman–Crippen LogP) is 0.979. The van der Waals surface area contributed by atoms with Gasteiger partial charge in [0.2, 0.25) is 0 Å². The number of esters is 1. The number of carbonyl (C=O) groups is 2. The Morgan fingerprint density at radius 3 is 2.92 bits per heavy atom. The van der Waals surface area contributed by atoms with E-state index in [2.05, 4.69) is 0 Å². The quantitative estimate of drug-likeness (QED) is 0.511. The summed E-state index contributed by atoms with van der Waals surface area (Å²) < 4.78 is 4.88. The summed E-state index contributed by atoms with van der Waals surface area (Å²) in [7, 11) is 0. The molecule has 0 aromatic carbocycles. The fourth-order valence-corrected chi connectivity index (χ4v) is 2.69. The minimum Gasteiger partial charge on any atom is -0.481 e. The van der Waals surface area contributed by atoms with Crippen molar-refractivity contribution in [3.05, 3.63) is 0 Å². The average Bonchev–Trinajstić information content (AvgIpc) is 2.19. The van der Waals surface area contributed by atoms with Crippen molar-refractivity contribution in [2.75, 3.05) is 0 Å². The van der Waals surface area contributed by atoms with E-state index in [0.717, 1.165) is 0 Å². The first-order valence-electron chi connectivity index (χ1n) is 4.16. The Morgan fingerprint density at radius 1 is 1.69 bits per heavy atom. The van der Waals surface area contributed by atoms with Crippen LogP contribution in [0.4, 0.5) is 0 Å². The van der Waals surface area contributed by atoms with Crippen LogP contribution in [0.15, 0.2) is 0 Å². The van der Waals surface area contributed by atoms with E-state index in [1.54, 1.807) is 0 Å². The van der Waals surface area contributed by atoms with E-state index < -0.39 is 16.9 Å². The van der Waals surface area contributed by atoms with Crippen LogP contribution in [0.3, 0.4) is 0 Å². The van der Waals surface area contributed by atoms with Gasteiger partial charge >= 0.3 is 11.9 Å². The minimum absolute atomic E-state index is 0.142. The fraction of sp³-hybridized carbons (Fsp3) is 0.750. The van der Waals surface area contributed by atoms with Gasteiger partial charge in [-0.2, -0.15) is 0 Å². The molecule has 2 bridgehead atoms. The maximum absolute atomic E-state index is 11.0.